The van der Waals surface area contributed by atoms with Gasteiger partial charge in [-0.1, -0.05) is 39.5 Å². The van der Waals surface area contributed by atoms with E-state index in [0.29, 0.717) is 0 Å². The molecule has 132 heavy (non-hydrogen) atoms. The summed E-state index contributed by atoms with van der Waals surface area (Å²) in [5.74, 6) is -18.8. The molecule has 42 heteroatoms. The number of hydrogen-bond acceptors (Lipinski definition) is 40. The lowest BCUT2D eigenvalue weighted by atomic mass is 9.94. The summed E-state index contributed by atoms with van der Waals surface area (Å²) in [4.78, 5) is 262. The van der Waals surface area contributed by atoms with Gasteiger partial charge in [-0.25, -0.2) is 67.1 Å². The number of Topliss-reactive ketones (excluding diaryl/α,β-unsaturated/α-hetero) is 8. The Morgan fingerprint density at radius 1 is 0.189 bits per heavy atom. The fourth-order valence-electron chi connectivity index (χ4n) is 9.65. The molecular weight excluding hydrogens is 1750 g/mol. The number of carboxylic acids is 2. The molecule has 42 nitrogen and oxygen atoms in total. The molecule has 4 aromatic rings. The molecule has 0 aromatic heterocycles. The van der Waals surface area contributed by atoms with E-state index in [1.807, 2.05) is 0 Å². The largest absolute Gasteiger partial charge is 0.478 e. The van der Waals surface area contributed by atoms with Gasteiger partial charge in [0.1, 0.15) is 116 Å². The van der Waals surface area contributed by atoms with Crippen LogP contribution in [0.25, 0.3) is 0 Å². The minimum atomic E-state index is -1.46. The number of hydrogen-bond donors (Lipinski definition) is 8. The Kier molecular flexibility index (Phi) is 47.9. The number of rotatable bonds is 46. The molecule has 0 aliphatic rings. The number of aromatic carboxylic acids is 2. The van der Waals surface area contributed by atoms with Gasteiger partial charge in [-0.05, 0) is 145 Å². The van der Waals surface area contributed by atoms with Gasteiger partial charge in [-0.3, -0.25) is 38.4 Å². The lowest BCUT2D eigenvalue weighted by Crippen LogP contribution is -2.27. The minimum absolute atomic E-state index is 0.102. The van der Waals surface area contributed by atoms with Crippen molar-refractivity contribution in [3.05, 3.63) is 210 Å². The number of carboxylic acid groups (broad SMARTS) is 2. The molecular formula is C90H100O42. The predicted octanol–water partition coefficient (Wildman–Crippen LogP) is 5.59. The molecule has 712 valence electrons. The van der Waals surface area contributed by atoms with Crippen LogP contribution in [0.2, 0.25) is 0 Å². The van der Waals surface area contributed by atoms with Gasteiger partial charge in [-0.2, -0.15) is 0 Å². The van der Waals surface area contributed by atoms with E-state index in [2.05, 4.69) is 39.5 Å². The molecule has 0 amide bonds. The fourth-order valence-corrected chi connectivity index (χ4v) is 9.65. The summed E-state index contributed by atoms with van der Waals surface area (Å²) in [6, 6.07) is 7.74. The molecule has 6 atom stereocenters. The van der Waals surface area contributed by atoms with Gasteiger partial charge in [0.25, 0.3) is 0 Å². The molecule has 0 aliphatic heterocycles. The van der Waals surface area contributed by atoms with Crippen molar-refractivity contribution in [2.45, 2.75) is 134 Å². The average molecular weight is 1850 g/mol. The summed E-state index contributed by atoms with van der Waals surface area (Å²) in [7, 11) is 0. The zero-order valence-corrected chi connectivity index (χ0v) is 74.3. The smallest absolute Gasteiger partial charge is 0.338 e. The SMILES string of the molecule is C=C(C)C(=O)OCC(O)COC(=O)c1cc(C(=O)O)c(C(C)=O)cc1C(C)=O.C=C(C)C(=O)OCC(O)COC(=O)c1cc(C(=O)OCC(O)COC(=O)C(=C)C)c(C(C)=O)cc1C(C)=O.C=C(C)C(=O)OCC(O)COC(=O)c1cc(C(C)=O)c(C(=O)O)cc1C(C)=O.C=C(C)C(=O)OCC(O)COC(=O)c1cc(C(C)=O)c(C(=O)OCC(O)COC(=O)C(=C)C)cc1C(C)=O. The van der Waals surface area contributed by atoms with E-state index in [-0.39, 0.29) is 100 Å². The maximum Gasteiger partial charge on any atom is 0.338 e. The maximum atomic E-state index is 12.7. The fraction of sp³-hybridized carbons (Fsp3) is 0.356. The van der Waals surface area contributed by atoms with Crippen molar-refractivity contribution in [1.82, 2.24) is 0 Å². The first-order valence-electron chi connectivity index (χ1n) is 38.5. The third-order valence-corrected chi connectivity index (χ3v) is 16.4. The van der Waals surface area contributed by atoms with Crippen LogP contribution in [0.5, 0.6) is 0 Å². The Bertz CT molecular complexity index is 4960. The number of benzene rings is 4. The molecule has 8 N–H and O–H groups in total. The van der Waals surface area contributed by atoms with Crippen LogP contribution in [-0.2, 0) is 85.6 Å². The molecule has 0 aliphatic carbocycles. The third-order valence-electron chi connectivity index (χ3n) is 16.4. The van der Waals surface area contributed by atoms with Crippen LogP contribution in [0.15, 0.2) is 121 Å². The molecule has 0 saturated heterocycles. The second-order valence-electron chi connectivity index (χ2n) is 28.6. The van der Waals surface area contributed by atoms with Gasteiger partial charge in [-0.15, -0.1) is 0 Å². The van der Waals surface area contributed by atoms with Gasteiger partial charge in [0.15, 0.2) is 46.3 Å². The van der Waals surface area contributed by atoms with Crippen LogP contribution < -0.4 is 0 Å². The van der Waals surface area contributed by atoms with Gasteiger partial charge in [0.2, 0.25) is 0 Å². The first-order chi connectivity index (χ1) is 61.2. The summed E-state index contributed by atoms with van der Waals surface area (Å²) in [6.45, 7) is 31.3. The third kappa shape index (κ3) is 38.5. The molecule has 0 heterocycles. The van der Waals surface area contributed by atoms with Gasteiger partial charge in [0, 0.05) is 77.9 Å². The molecule has 0 radical (unpaired) electrons. The summed E-state index contributed by atoms with van der Waals surface area (Å²) in [5.41, 5.74) is -4.27. The van der Waals surface area contributed by atoms with Crippen molar-refractivity contribution in [1.29, 1.82) is 0 Å². The van der Waals surface area contributed by atoms with Crippen LogP contribution in [0.3, 0.4) is 0 Å². The van der Waals surface area contributed by atoms with Crippen LogP contribution in [0.4, 0.5) is 0 Å². The molecule has 6 unspecified atom stereocenters. The summed E-state index contributed by atoms with van der Waals surface area (Å²) >= 11 is 0. The highest BCUT2D eigenvalue weighted by Gasteiger charge is 2.32. The second-order valence-corrected chi connectivity index (χ2v) is 28.6. The summed E-state index contributed by atoms with van der Waals surface area (Å²) in [6.07, 6.45) is -8.24. The summed E-state index contributed by atoms with van der Waals surface area (Å²) < 4.78 is 58.2. The standard InChI is InChI=1S/2C26H30O12.2C19H20O9/c1-13(2)23(31)35-9-17(29)11-37-25(33)21-7-20(16(6)28)22(8-19(21)15(5)27)26(34)38-12-18(30)10-36-24(32)14(3)4;1-13(2)23(31)35-9-17(29)11-37-25(33)21-8-22(20(16(6)28)7-19(21)15(5)27)26(34)38-12-18(30)10-36-24(32)14(3)4;1-9(2)18(25)27-7-12(22)8-28-19(26)16-6-13(10(3)20)15(17(23)24)5-14(16)11(4)21;1-9(2)18(25)27-7-12(22)8-28-19(26)16-6-15(17(23)24)13(10(3)20)5-14(16)11(4)21/h2*7-8,17-18,29-30H,1,3,9-12H2,2,4-6H3;2*5-6,12,22H,1,7-8H2,2-4H3,(H,23,24). The molecule has 0 fully saturated rings. The van der Waals surface area contributed by atoms with Gasteiger partial charge < -0.3 is 97.7 Å². The Hall–Kier alpha value is -15.0. The van der Waals surface area contributed by atoms with Crippen molar-refractivity contribution in [2.24, 2.45) is 0 Å². The molecule has 4 rings (SSSR count). The van der Waals surface area contributed by atoms with Gasteiger partial charge in [0.05, 0.1) is 44.5 Å². The monoisotopic (exact) mass is 1850 g/mol. The highest BCUT2D eigenvalue weighted by Crippen LogP contribution is 2.27. The first-order valence-corrected chi connectivity index (χ1v) is 38.5. The number of carbonyl (C=O) groups is 22. The van der Waals surface area contributed by atoms with E-state index in [9.17, 15) is 146 Å². The number of esters is 12. The highest BCUT2D eigenvalue weighted by atomic mass is 16.6. The van der Waals surface area contributed by atoms with Crippen molar-refractivity contribution in [3.63, 3.8) is 0 Å². The number of aliphatic hydroxyl groups excluding tert-OH is 6. The summed E-state index contributed by atoms with van der Waals surface area (Å²) in [5, 5.41) is 77.5. The lowest BCUT2D eigenvalue weighted by molar-refractivity contribution is -0.143. The lowest BCUT2D eigenvalue weighted by Gasteiger charge is -2.16. The van der Waals surface area contributed by atoms with Gasteiger partial charge >= 0.3 is 83.6 Å². The van der Waals surface area contributed by atoms with Crippen molar-refractivity contribution < 1.29 is 203 Å². The van der Waals surface area contributed by atoms with E-state index < -0.39 is 268 Å². The number of ketones is 8. The predicted molar refractivity (Wildman–Crippen MR) is 452 cm³/mol. The topological polar surface area (TPSA) is 648 Å². The second kappa shape index (κ2) is 55.0. The van der Waals surface area contributed by atoms with E-state index in [0.717, 1.165) is 104 Å². The van der Waals surface area contributed by atoms with Crippen LogP contribution in [0, 0.1) is 0 Å². The molecule has 0 saturated carbocycles. The van der Waals surface area contributed by atoms with Crippen LogP contribution in [0.1, 0.15) is 263 Å². The molecule has 4 aromatic carbocycles. The minimum Gasteiger partial charge on any atom is -0.478 e. The Morgan fingerprint density at radius 2 is 0.288 bits per heavy atom. The van der Waals surface area contributed by atoms with E-state index in [1.54, 1.807) is 0 Å². The highest BCUT2D eigenvalue weighted by molar-refractivity contribution is 6.16. The molecule has 0 bridgehead atoms. The average Bonchev–Trinajstić information content (AvgIpc) is 0.811. The van der Waals surface area contributed by atoms with Crippen LogP contribution in [-0.4, -0.2) is 287 Å². The quantitative estimate of drug-likeness (QED) is 0.0116. The zero-order chi connectivity index (χ0) is 101. The van der Waals surface area contributed by atoms with Crippen molar-refractivity contribution in [2.75, 3.05) is 79.3 Å². The van der Waals surface area contributed by atoms with E-state index >= 15 is 0 Å². The Labute approximate surface area is 753 Å². The van der Waals surface area contributed by atoms with Crippen molar-refractivity contribution >= 4 is 130 Å². The Morgan fingerprint density at radius 3 is 0.409 bits per heavy atom. The first kappa shape index (κ1) is 115. The van der Waals surface area contributed by atoms with E-state index in [4.69, 9.17) is 56.8 Å². The number of ether oxygens (including phenoxy) is 12. The molecule has 0 spiro atoms. The number of carbonyl (C=O) groups excluding carboxylic acids is 20. The Balaban J connectivity index is 0.000000889. The normalized spacial score (nSPS) is 11.7. The van der Waals surface area contributed by atoms with Crippen LogP contribution >= 0.6 is 0 Å². The number of aliphatic hydroxyl groups is 6. The van der Waals surface area contributed by atoms with E-state index in [1.165, 1.54) is 41.5 Å². The van der Waals surface area contributed by atoms with Crippen molar-refractivity contribution in [3.8, 4) is 0 Å². The maximum absolute atomic E-state index is 12.7. The zero-order valence-electron chi connectivity index (χ0n) is 74.3.